The Morgan fingerprint density at radius 1 is 0.319 bits per heavy atom. The van der Waals surface area contributed by atoms with Gasteiger partial charge in [0.05, 0.1) is 11.4 Å². The van der Waals surface area contributed by atoms with Gasteiger partial charge < -0.3 is 9.80 Å². The van der Waals surface area contributed by atoms with Gasteiger partial charge in [-0.1, -0.05) is 146 Å². The summed E-state index contributed by atoms with van der Waals surface area (Å²) >= 11 is 0. The minimum Gasteiger partial charge on any atom is -0.310 e. The second-order valence-corrected chi connectivity index (χ2v) is 18.3. The molecule has 0 saturated heterocycles. The maximum absolute atomic E-state index is 17.6. The number of halogens is 2. The molecule has 4 heteroatoms. The zero-order valence-corrected chi connectivity index (χ0v) is 37.5. The van der Waals surface area contributed by atoms with Gasteiger partial charge in [-0.3, -0.25) is 0 Å². The summed E-state index contributed by atoms with van der Waals surface area (Å²) in [6.45, 7) is 2.17. The Kier molecular flexibility index (Phi) is 8.59. The molecule has 13 aromatic rings. The molecule has 1 aliphatic rings. The zero-order valence-electron chi connectivity index (χ0n) is 37.5. The van der Waals surface area contributed by atoms with Crippen molar-refractivity contribution in [1.82, 2.24) is 0 Å². The highest BCUT2D eigenvalue weighted by Gasteiger charge is 2.33. The first-order valence-electron chi connectivity index (χ1n) is 23.5. The monoisotopic (exact) mass is 886 g/mol. The van der Waals surface area contributed by atoms with Gasteiger partial charge in [-0.15, -0.1) is 0 Å². The van der Waals surface area contributed by atoms with Gasteiger partial charge in [0.2, 0.25) is 0 Å². The van der Waals surface area contributed by atoms with Crippen LogP contribution in [0.3, 0.4) is 0 Å². The zero-order chi connectivity index (χ0) is 45.9. The Morgan fingerprint density at radius 3 is 1.35 bits per heavy atom. The van der Waals surface area contributed by atoms with Crippen LogP contribution in [-0.2, 0) is 0 Å². The van der Waals surface area contributed by atoms with Gasteiger partial charge in [-0.25, -0.2) is 8.78 Å². The highest BCUT2D eigenvalue weighted by Crippen LogP contribution is 2.60. The number of nitrogens with zero attached hydrogens (tertiary/aromatic N) is 2. The van der Waals surface area contributed by atoms with Crippen LogP contribution in [0.1, 0.15) is 5.56 Å². The highest BCUT2D eigenvalue weighted by molar-refractivity contribution is 6.42. The van der Waals surface area contributed by atoms with Crippen LogP contribution < -0.4 is 9.80 Å². The van der Waals surface area contributed by atoms with Crippen LogP contribution in [0.2, 0.25) is 0 Å². The number of fused-ring (bicyclic) bond motifs is 7. The molecule has 0 unspecified atom stereocenters. The topological polar surface area (TPSA) is 6.48 Å². The summed E-state index contributed by atoms with van der Waals surface area (Å²) in [5.74, 6) is -0.475. The molecular weight excluding hydrogens is 847 g/mol. The van der Waals surface area contributed by atoms with E-state index in [9.17, 15) is 0 Å². The molecule has 0 saturated carbocycles. The predicted molar refractivity (Wildman–Crippen MR) is 287 cm³/mol. The molecule has 0 atom stereocenters. The van der Waals surface area contributed by atoms with Gasteiger partial charge >= 0.3 is 0 Å². The van der Waals surface area contributed by atoms with E-state index in [0.29, 0.717) is 16.3 Å². The molecule has 13 aromatic carbocycles. The minimum atomic E-state index is -0.262. The van der Waals surface area contributed by atoms with Crippen LogP contribution in [-0.4, -0.2) is 0 Å². The predicted octanol–water partition coefficient (Wildman–Crippen LogP) is 18.9. The number of rotatable bonds is 7. The third-order valence-corrected chi connectivity index (χ3v) is 14.5. The van der Waals surface area contributed by atoms with Crippen molar-refractivity contribution in [3.05, 3.63) is 242 Å². The molecule has 324 valence electrons. The fraction of sp³-hybridized carbons (Fsp3) is 0.0154. The summed E-state index contributed by atoms with van der Waals surface area (Å²) in [5.41, 5.74) is 12.1. The normalized spacial score (nSPS) is 12.0. The fourth-order valence-electron chi connectivity index (χ4n) is 11.6. The Hall–Kier alpha value is -8.86. The van der Waals surface area contributed by atoms with E-state index in [1.807, 2.05) is 72.8 Å². The van der Waals surface area contributed by atoms with Crippen LogP contribution in [0.5, 0.6) is 0 Å². The molecule has 2 nitrogen and oxygen atoms in total. The molecule has 0 fully saturated rings. The highest BCUT2D eigenvalue weighted by atomic mass is 19.1. The van der Waals surface area contributed by atoms with E-state index < -0.39 is 0 Å². The lowest BCUT2D eigenvalue weighted by atomic mass is 9.82. The third kappa shape index (κ3) is 5.76. The number of hydrogen-bond donors (Lipinski definition) is 0. The Labute approximate surface area is 397 Å². The number of benzene rings is 13. The Morgan fingerprint density at radius 2 is 0.783 bits per heavy atom. The van der Waals surface area contributed by atoms with E-state index in [1.165, 1.54) is 0 Å². The summed E-state index contributed by atoms with van der Waals surface area (Å²) in [5, 5.41) is 11.4. The van der Waals surface area contributed by atoms with Crippen LogP contribution in [0.15, 0.2) is 224 Å². The molecule has 69 heavy (non-hydrogen) atoms. The van der Waals surface area contributed by atoms with E-state index in [-0.39, 0.29) is 11.6 Å². The van der Waals surface area contributed by atoms with Crippen molar-refractivity contribution in [2.24, 2.45) is 0 Å². The summed E-state index contributed by atoms with van der Waals surface area (Å²) < 4.78 is 34.2. The second kappa shape index (κ2) is 15.1. The molecule has 0 spiro atoms. The van der Waals surface area contributed by atoms with Gasteiger partial charge in [0.1, 0.15) is 11.6 Å². The molecule has 0 N–H and O–H groups in total. The summed E-state index contributed by atoms with van der Waals surface area (Å²) in [4.78, 5) is 4.68. The summed E-state index contributed by atoms with van der Waals surface area (Å²) in [6, 6.07) is 77.0. The Balaban J connectivity index is 1.24. The number of anilines is 6. The second-order valence-electron chi connectivity index (χ2n) is 18.3. The van der Waals surface area contributed by atoms with E-state index in [1.54, 1.807) is 6.07 Å². The van der Waals surface area contributed by atoms with Gasteiger partial charge in [-0.05, 0) is 151 Å². The van der Waals surface area contributed by atoms with Gasteiger partial charge in [-0.2, -0.15) is 0 Å². The first kappa shape index (κ1) is 39.3. The van der Waals surface area contributed by atoms with Crippen LogP contribution >= 0.6 is 0 Å². The van der Waals surface area contributed by atoms with Crippen molar-refractivity contribution >= 4 is 98.8 Å². The fourth-order valence-corrected chi connectivity index (χ4v) is 11.6. The molecule has 0 heterocycles. The number of hydrogen-bond acceptors (Lipinski definition) is 2. The minimum absolute atomic E-state index is 0.214. The van der Waals surface area contributed by atoms with E-state index in [0.717, 1.165) is 121 Å². The van der Waals surface area contributed by atoms with E-state index >= 15 is 8.78 Å². The van der Waals surface area contributed by atoms with Crippen LogP contribution in [0.4, 0.5) is 42.9 Å². The van der Waals surface area contributed by atoms with Gasteiger partial charge in [0.25, 0.3) is 0 Å². The smallest absolute Gasteiger partial charge is 0.139 e. The van der Waals surface area contributed by atoms with Crippen molar-refractivity contribution in [3.8, 4) is 33.4 Å². The first-order valence-corrected chi connectivity index (χ1v) is 23.5. The lowest BCUT2D eigenvalue weighted by molar-refractivity contribution is 0.640. The maximum atomic E-state index is 17.6. The third-order valence-electron chi connectivity index (χ3n) is 14.5. The number of aryl methyl sites for hydroxylation is 1. The summed E-state index contributed by atoms with van der Waals surface area (Å²) in [7, 11) is 0. The lowest BCUT2D eigenvalue weighted by Gasteiger charge is -2.32. The summed E-state index contributed by atoms with van der Waals surface area (Å²) in [6.07, 6.45) is 0. The average molecular weight is 887 g/mol. The van der Waals surface area contributed by atoms with E-state index in [4.69, 9.17) is 0 Å². The Bertz CT molecular complexity index is 4130. The standard InChI is InChI=1S/C65H40F2N2/c1-39-30-31-50-62-57(69(45-24-10-4-11-25-45)46-26-12-5-13-27-46)38-54-59-49(53-35-41-19-15-17-29-48(41)65(67)60(53)54)32-33-51(64(59)62)61-56(68(43-20-6-2-7-21-43)44-22-8-3-9-23-44)37-52(58(39)63(50)61)42-34-40-18-14-16-28-47(40)55(66)36-42/h2-38H,1H3. The van der Waals surface area contributed by atoms with Gasteiger partial charge in [0, 0.05) is 60.6 Å². The molecule has 0 aliphatic heterocycles. The van der Waals surface area contributed by atoms with E-state index in [2.05, 4.69) is 162 Å². The molecule has 0 bridgehead atoms. The number of para-hydroxylation sites is 4. The van der Waals surface area contributed by atoms with Crippen LogP contribution in [0, 0.1) is 18.6 Å². The van der Waals surface area contributed by atoms with Crippen molar-refractivity contribution in [1.29, 1.82) is 0 Å². The van der Waals surface area contributed by atoms with Crippen molar-refractivity contribution in [2.45, 2.75) is 6.92 Å². The quantitative estimate of drug-likeness (QED) is 0.116. The molecule has 14 rings (SSSR count). The molecule has 1 aliphatic carbocycles. The first-order chi connectivity index (χ1) is 34.0. The molecular formula is C65H40F2N2. The van der Waals surface area contributed by atoms with Crippen LogP contribution in [0.25, 0.3) is 98.0 Å². The van der Waals surface area contributed by atoms with Gasteiger partial charge in [0.15, 0.2) is 0 Å². The molecule has 0 amide bonds. The largest absolute Gasteiger partial charge is 0.310 e. The lowest BCUT2D eigenvalue weighted by Crippen LogP contribution is -2.12. The van der Waals surface area contributed by atoms with Crippen molar-refractivity contribution < 1.29 is 8.78 Å². The SMILES string of the molecule is Cc1ccc2c3c(N(c4ccccc4)c4ccccc4)cc4c5c(ccc(c6c(N(c7ccccc7)c7ccccc7)cc(-c7cc(F)c8ccccc8c7)c1c26)c53)-c1cc2ccccc2c(F)c1-4. The maximum Gasteiger partial charge on any atom is 0.139 e. The van der Waals surface area contributed by atoms with Crippen molar-refractivity contribution in [2.75, 3.05) is 9.80 Å². The van der Waals surface area contributed by atoms with Crippen molar-refractivity contribution in [3.63, 3.8) is 0 Å². The molecule has 0 radical (unpaired) electrons. The average Bonchev–Trinajstić information content (AvgIpc) is 3.72. The molecule has 0 aromatic heterocycles.